The molecule has 1 atom stereocenters. The van der Waals surface area contributed by atoms with Gasteiger partial charge in [0.2, 0.25) is 5.91 Å². The predicted molar refractivity (Wildman–Crippen MR) is 115 cm³/mol. The minimum Gasteiger partial charge on any atom is -0.350 e. The van der Waals surface area contributed by atoms with E-state index in [9.17, 15) is 4.79 Å². The van der Waals surface area contributed by atoms with Crippen molar-refractivity contribution >= 4 is 28.1 Å². The summed E-state index contributed by atoms with van der Waals surface area (Å²) in [5.74, 6) is 0.113. The first-order valence-corrected chi connectivity index (χ1v) is 10.9. The first-order valence-electron chi connectivity index (χ1n) is 9.99. The Hall–Kier alpha value is -2.18. The maximum atomic E-state index is 13.3. The van der Waals surface area contributed by atoms with Gasteiger partial charge in [0.05, 0.1) is 16.6 Å². The van der Waals surface area contributed by atoms with Crippen molar-refractivity contribution in [2.75, 3.05) is 26.2 Å². The first kappa shape index (κ1) is 19.2. The van der Waals surface area contributed by atoms with E-state index in [2.05, 4.69) is 43.1 Å². The lowest BCUT2D eigenvalue weighted by atomic mass is 9.99. The summed E-state index contributed by atoms with van der Waals surface area (Å²) in [6.45, 7) is 8.52. The fraction of sp³-hybridized carbons (Fsp3) is 0.455. The Morgan fingerprint density at radius 1 is 1.21 bits per heavy atom. The van der Waals surface area contributed by atoms with Crippen LogP contribution in [0.1, 0.15) is 35.5 Å². The standard InChI is InChI=1S/C22H28N4OS/c1-16(20-14-24(3)21-8-5-4-7-19(20)21)22(27)26-10-6-9-25(11-12-26)13-18-15-28-17(2)23-18/h4-5,7-8,14-16H,6,9-13H2,1-3H3. The molecule has 0 saturated carbocycles. The van der Waals surface area contributed by atoms with Crippen molar-refractivity contribution in [2.24, 2.45) is 7.05 Å². The SMILES string of the molecule is Cc1nc(CN2CCCN(C(=O)C(C)c3cn(C)c4ccccc34)CC2)cs1. The summed E-state index contributed by atoms with van der Waals surface area (Å²) in [4.78, 5) is 22.3. The van der Waals surface area contributed by atoms with Gasteiger partial charge in [-0.25, -0.2) is 4.98 Å². The second kappa shape index (κ2) is 8.05. The third kappa shape index (κ3) is 3.84. The van der Waals surface area contributed by atoms with E-state index in [1.54, 1.807) is 11.3 Å². The van der Waals surface area contributed by atoms with Crippen molar-refractivity contribution in [3.05, 3.63) is 52.1 Å². The number of aromatic nitrogens is 2. The van der Waals surface area contributed by atoms with Gasteiger partial charge in [0, 0.05) is 62.3 Å². The van der Waals surface area contributed by atoms with Gasteiger partial charge in [-0.3, -0.25) is 9.69 Å². The third-order valence-electron chi connectivity index (χ3n) is 5.72. The van der Waals surface area contributed by atoms with Crippen LogP contribution in [-0.4, -0.2) is 51.4 Å². The van der Waals surface area contributed by atoms with Gasteiger partial charge in [-0.1, -0.05) is 18.2 Å². The average molecular weight is 397 g/mol. The molecule has 1 aliphatic rings. The molecule has 6 heteroatoms. The van der Waals surface area contributed by atoms with E-state index < -0.39 is 0 Å². The van der Waals surface area contributed by atoms with Crippen LogP contribution in [0.2, 0.25) is 0 Å². The van der Waals surface area contributed by atoms with Crippen LogP contribution in [0, 0.1) is 6.92 Å². The van der Waals surface area contributed by atoms with Crippen LogP contribution in [0.15, 0.2) is 35.8 Å². The van der Waals surface area contributed by atoms with Gasteiger partial charge < -0.3 is 9.47 Å². The number of benzene rings is 1. The Morgan fingerprint density at radius 3 is 2.82 bits per heavy atom. The van der Waals surface area contributed by atoms with Gasteiger partial charge >= 0.3 is 0 Å². The monoisotopic (exact) mass is 396 g/mol. The zero-order valence-electron chi connectivity index (χ0n) is 16.9. The second-order valence-corrected chi connectivity index (χ2v) is 8.81. The zero-order chi connectivity index (χ0) is 19.7. The van der Waals surface area contributed by atoms with Crippen molar-refractivity contribution in [3.63, 3.8) is 0 Å². The number of fused-ring (bicyclic) bond motifs is 1. The van der Waals surface area contributed by atoms with Crippen molar-refractivity contribution in [1.82, 2.24) is 19.4 Å². The largest absolute Gasteiger partial charge is 0.350 e. The van der Waals surface area contributed by atoms with Crippen LogP contribution in [0.25, 0.3) is 10.9 Å². The smallest absolute Gasteiger partial charge is 0.229 e. The molecule has 5 nitrogen and oxygen atoms in total. The van der Waals surface area contributed by atoms with E-state index in [4.69, 9.17) is 0 Å². The lowest BCUT2D eigenvalue weighted by Gasteiger charge is -2.24. The summed E-state index contributed by atoms with van der Waals surface area (Å²) in [6.07, 6.45) is 3.12. The number of amides is 1. The third-order valence-corrected chi connectivity index (χ3v) is 6.54. The molecule has 28 heavy (non-hydrogen) atoms. The molecule has 1 amide bonds. The van der Waals surface area contributed by atoms with Crippen LogP contribution >= 0.6 is 11.3 Å². The second-order valence-electron chi connectivity index (χ2n) is 7.75. The molecular weight excluding hydrogens is 368 g/mol. The summed E-state index contributed by atoms with van der Waals surface area (Å²) in [5, 5.41) is 4.44. The highest BCUT2D eigenvalue weighted by molar-refractivity contribution is 7.09. The maximum absolute atomic E-state index is 13.3. The minimum atomic E-state index is -0.126. The number of para-hydroxylation sites is 1. The Bertz CT molecular complexity index is 976. The van der Waals surface area contributed by atoms with Crippen LogP contribution < -0.4 is 0 Å². The molecular formula is C22H28N4OS. The first-order chi connectivity index (χ1) is 13.5. The highest BCUT2D eigenvalue weighted by Crippen LogP contribution is 2.28. The summed E-state index contributed by atoms with van der Waals surface area (Å²) in [6, 6.07) is 8.33. The summed E-state index contributed by atoms with van der Waals surface area (Å²) >= 11 is 1.70. The molecule has 1 fully saturated rings. The normalized spacial score (nSPS) is 17.0. The number of thiazole rings is 1. The molecule has 0 radical (unpaired) electrons. The summed E-state index contributed by atoms with van der Waals surface area (Å²) < 4.78 is 2.12. The van der Waals surface area contributed by atoms with Gasteiger partial charge in [0.1, 0.15) is 0 Å². The van der Waals surface area contributed by atoms with Gasteiger partial charge in [0.15, 0.2) is 0 Å². The molecule has 4 rings (SSSR count). The van der Waals surface area contributed by atoms with Crippen LogP contribution in [0.3, 0.4) is 0 Å². The van der Waals surface area contributed by atoms with Crippen molar-refractivity contribution in [1.29, 1.82) is 0 Å². The molecule has 3 aromatic rings. The fourth-order valence-electron chi connectivity index (χ4n) is 4.18. The Labute approximate surface area is 170 Å². The molecule has 1 unspecified atom stereocenters. The number of carbonyl (C=O) groups excluding carboxylic acids is 1. The Balaban J connectivity index is 1.44. The van der Waals surface area contributed by atoms with Gasteiger partial charge in [-0.2, -0.15) is 0 Å². The quantitative estimate of drug-likeness (QED) is 0.674. The molecule has 2 aromatic heterocycles. The minimum absolute atomic E-state index is 0.126. The fourth-order valence-corrected chi connectivity index (χ4v) is 4.79. The number of nitrogens with zero attached hydrogens (tertiary/aromatic N) is 4. The van der Waals surface area contributed by atoms with Crippen LogP contribution in [-0.2, 0) is 18.4 Å². The highest BCUT2D eigenvalue weighted by Gasteiger charge is 2.26. The lowest BCUT2D eigenvalue weighted by Crippen LogP contribution is -2.37. The van der Waals surface area contributed by atoms with E-state index in [1.165, 1.54) is 10.9 Å². The molecule has 1 aliphatic heterocycles. The summed E-state index contributed by atoms with van der Waals surface area (Å²) in [7, 11) is 2.05. The molecule has 0 aliphatic carbocycles. The average Bonchev–Trinajstić information content (AvgIpc) is 3.16. The molecule has 0 N–H and O–H groups in total. The Kier molecular flexibility index (Phi) is 5.51. The number of hydrogen-bond donors (Lipinski definition) is 0. The van der Waals surface area contributed by atoms with E-state index in [1.807, 2.05) is 33.0 Å². The van der Waals surface area contributed by atoms with Gasteiger partial charge in [-0.05, 0) is 31.9 Å². The molecule has 0 spiro atoms. The van der Waals surface area contributed by atoms with Crippen molar-refractivity contribution in [3.8, 4) is 0 Å². The van der Waals surface area contributed by atoms with Gasteiger partial charge in [-0.15, -0.1) is 11.3 Å². The number of rotatable bonds is 4. The topological polar surface area (TPSA) is 41.4 Å². The van der Waals surface area contributed by atoms with Gasteiger partial charge in [0.25, 0.3) is 0 Å². The lowest BCUT2D eigenvalue weighted by molar-refractivity contribution is -0.132. The zero-order valence-corrected chi connectivity index (χ0v) is 17.7. The summed E-state index contributed by atoms with van der Waals surface area (Å²) in [5.41, 5.74) is 3.45. The van der Waals surface area contributed by atoms with Crippen molar-refractivity contribution in [2.45, 2.75) is 32.7 Å². The number of hydrogen-bond acceptors (Lipinski definition) is 4. The van der Waals surface area contributed by atoms with Crippen LogP contribution in [0.4, 0.5) is 0 Å². The maximum Gasteiger partial charge on any atom is 0.229 e. The van der Waals surface area contributed by atoms with Crippen LogP contribution in [0.5, 0.6) is 0 Å². The molecule has 0 bridgehead atoms. The van der Waals surface area contributed by atoms with Crippen molar-refractivity contribution < 1.29 is 4.79 Å². The molecule has 1 saturated heterocycles. The molecule has 148 valence electrons. The predicted octanol–water partition coefficient (Wildman–Crippen LogP) is 3.78. The number of aryl methyl sites for hydroxylation is 2. The molecule has 1 aromatic carbocycles. The van der Waals surface area contributed by atoms with E-state index in [-0.39, 0.29) is 11.8 Å². The van der Waals surface area contributed by atoms with E-state index in [0.717, 1.165) is 55.4 Å². The number of carbonyl (C=O) groups is 1. The highest BCUT2D eigenvalue weighted by atomic mass is 32.1. The molecule has 3 heterocycles. The van der Waals surface area contributed by atoms with E-state index in [0.29, 0.717) is 0 Å². The Morgan fingerprint density at radius 2 is 2.04 bits per heavy atom. The van der Waals surface area contributed by atoms with E-state index >= 15 is 0 Å².